The summed E-state index contributed by atoms with van der Waals surface area (Å²) in [7, 11) is 0. The minimum absolute atomic E-state index is 0.0966. The number of hydrogen-bond acceptors (Lipinski definition) is 7. The van der Waals surface area contributed by atoms with Gasteiger partial charge in [-0.15, -0.1) is 0 Å². The number of rotatable bonds is 18. The minimum Gasteiger partial charge on any atom is -0.379 e. The lowest BCUT2D eigenvalue weighted by molar-refractivity contribution is -0.125. The van der Waals surface area contributed by atoms with Crippen LogP contribution in [0.3, 0.4) is 0 Å². The molecule has 3 N–H and O–H groups in total. The number of nitrogens with two attached hydrogens (primary N) is 1. The molecule has 3 amide bonds. The number of nitrogens with one attached hydrogen (secondary N) is 1. The zero-order valence-electron chi connectivity index (χ0n) is 22.8. The third-order valence-corrected chi connectivity index (χ3v) is 6.10. The summed E-state index contributed by atoms with van der Waals surface area (Å²) in [5.41, 5.74) is 8.96. The van der Waals surface area contributed by atoms with Crippen molar-refractivity contribution in [3.8, 4) is 0 Å². The van der Waals surface area contributed by atoms with Crippen LogP contribution >= 0.6 is 0 Å². The van der Waals surface area contributed by atoms with Crippen LogP contribution in [0.5, 0.6) is 0 Å². The van der Waals surface area contributed by atoms with E-state index in [4.69, 9.17) is 24.7 Å². The minimum atomic E-state index is -0.388. The van der Waals surface area contributed by atoms with E-state index in [0.29, 0.717) is 65.9 Å². The highest BCUT2D eigenvalue weighted by molar-refractivity contribution is 5.98. The molecule has 0 saturated heterocycles. The number of anilines is 1. The van der Waals surface area contributed by atoms with E-state index in [1.165, 1.54) is 0 Å². The monoisotopic (exact) mass is 553 g/mol. The first kappa shape index (κ1) is 31.0. The zero-order valence-corrected chi connectivity index (χ0v) is 22.8. The number of carbonyl (C=O) groups excluding carboxylic acids is 3. The van der Waals surface area contributed by atoms with Crippen molar-refractivity contribution in [1.82, 2.24) is 5.32 Å². The lowest BCUT2D eigenvalue weighted by Crippen LogP contribution is -2.33. The van der Waals surface area contributed by atoms with E-state index in [1.54, 1.807) is 4.90 Å². The molecule has 216 valence electrons. The summed E-state index contributed by atoms with van der Waals surface area (Å²) in [6, 6.07) is 15.8. The number of nitrogens with zero attached hydrogens (tertiary/aromatic N) is 1. The summed E-state index contributed by atoms with van der Waals surface area (Å²) in [6.07, 6.45) is 4.52. The molecule has 10 heteroatoms. The Balaban J connectivity index is 1.25. The second-order valence-electron chi connectivity index (χ2n) is 9.09. The maximum Gasteiger partial charge on any atom is 0.227 e. The van der Waals surface area contributed by atoms with E-state index >= 15 is 0 Å². The Morgan fingerprint density at radius 3 is 1.98 bits per heavy atom. The maximum absolute atomic E-state index is 13.2. The first-order chi connectivity index (χ1) is 19.5. The molecule has 10 nitrogen and oxygen atoms in total. The van der Waals surface area contributed by atoms with Gasteiger partial charge in [-0.1, -0.05) is 54.6 Å². The Morgan fingerprint density at radius 1 is 0.700 bits per heavy atom. The zero-order chi connectivity index (χ0) is 28.4. The number of amides is 3. The van der Waals surface area contributed by atoms with Crippen LogP contribution in [0.15, 0.2) is 48.5 Å². The lowest BCUT2D eigenvalue weighted by atomic mass is 10.0. The van der Waals surface area contributed by atoms with Crippen LogP contribution in [-0.2, 0) is 39.9 Å². The number of benzene rings is 2. The van der Waals surface area contributed by atoms with E-state index in [0.717, 1.165) is 22.4 Å². The van der Waals surface area contributed by atoms with Gasteiger partial charge in [0.15, 0.2) is 0 Å². The number of primary amides is 1. The Labute approximate surface area is 235 Å². The van der Waals surface area contributed by atoms with Gasteiger partial charge in [0.05, 0.1) is 65.1 Å². The molecule has 0 fully saturated rings. The molecule has 0 saturated carbocycles. The smallest absolute Gasteiger partial charge is 0.227 e. The third kappa shape index (κ3) is 11.3. The van der Waals surface area contributed by atoms with Gasteiger partial charge < -0.3 is 34.9 Å². The summed E-state index contributed by atoms with van der Waals surface area (Å²) >= 11 is 0. The Bertz CT molecular complexity index is 1120. The van der Waals surface area contributed by atoms with E-state index in [-0.39, 0.29) is 37.0 Å². The first-order valence-electron chi connectivity index (χ1n) is 13.6. The molecular formula is C30H39N3O7. The summed E-state index contributed by atoms with van der Waals surface area (Å²) in [6.45, 7) is 3.94. The predicted molar refractivity (Wildman–Crippen MR) is 152 cm³/mol. The Kier molecular flexibility index (Phi) is 13.9. The molecular weight excluding hydrogens is 514 g/mol. The maximum atomic E-state index is 13.2. The average molecular weight is 554 g/mol. The summed E-state index contributed by atoms with van der Waals surface area (Å²) in [5, 5.41) is 2.80. The molecule has 0 atom stereocenters. The summed E-state index contributed by atoms with van der Waals surface area (Å²) in [5.74, 6) is -0.675. The van der Waals surface area contributed by atoms with Gasteiger partial charge in [-0.2, -0.15) is 0 Å². The molecule has 1 aliphatic rings. The quantitative estimate of drug-likeness (QED) is 0.272. The molecule has 0 aliphatic carbocycles. The lowest BCUT2D eigenvalue weighted by Gasteiger charge is -2.27. The second kappa shape index (κ2) is 17.9. The van der Waals surface area contributed by atoms with Crippen molar-refractivity contribution in [3.05, 3.63) is 65.2 Å². The molecule has 3 rings (SSSR count). The van der Waals surface area contributed by atoms with Crippen LogP contribution in [0.4, 0.5) is 5.69 Å². The summed E-state index contributed by atoms with van der Waals surface area (Å²) in [4.78, 5) is 37.9. The van der Waals surface area contributed by atoms with Crippen molar-refractivity contribution in [1.29, 1.82) is 0 Å². The molecule has 2 aromatic carbocycles. The highest BCUT2D eigenvalue weighted by Crippen LogP contribution is 2.29. The van der Waals surface area contributed by atoms with Crippen molar-refractivity contribution >= 4 is 35.6 Å². The van der Waals surface area contributed by atoms with Gasteiger partial charge in [-0.3, -0.25) is 14.4 Å². The van der Waals surface area contributed by atoms with Crippen LogP contribution in [0.2, 0.25) is 0 Å². The molecule has 0 radical (unpaired) electrons. The number of hydrogen-bond donors (Lipinski definition) is 2. The second-order valence-corrected chi connectivity index (χ2v) is 9.09. The topological polar surface area (TPSA) is 129 Å². The van der Waals surface area contributed by atoms with Gasteiger partial charge >= 0.3 is 0 Å². The molecule has 1 heterocycles. The number of para-hydroxylation sites is 1. The third-order valence-electron chi connectivity index (χ3n) is 6.10. The van der Waals surface area contributed by atoms with Crippen LogP contribution in [0.25, 0.3) is 12.2 Å². The van der Waals surface area contributed by atoms with Crippen molar-refractivity contribution in [3.63, 3.8) is 0 Å². The van der Waals surface area contributed by atoms with E-state index in [2.05, 4.69) is 11.4 Å². The standard InChI is InChI=1S/C30H39N3O7/c31-28(34)13-15-37-17-19-39-21-22-40-20-18-38-16-14-32-29(35)11-12-30(36)33-23-26-7-2-1-5-24(26)9-10-25-6-3-4-8-27(25)33/h1-10H,11-23H2,(H2,31,34)(H,32,35)/b10-9-. The highest BCUT2D eigenvalue weighted by Gasteiger charge is 2.21. The van der Waals surface area contributed by atoms with Crippen LogP contribution < -0.4 is 16.0 Å². The molecule has 0 unspecified atom stereocenters. The van der Waals surface area contributed by atoms with Gasteiger partial charge in [-0.05, 0) is 22.8 Å². The molecule has 2 aromatic rings. The number of fused-ring (bicyclic) bond motifs is 2. The number of carbonyl (C=O) groups is 3. The molecule has 40 heavy (non-hydrogen) atoms. The fraction of sp³-hybridized carbons (Fsp3) is 0.433. The van der Waals surface area contributed by atoms with Crippen LogP contribution in [0.1, 0.15) is 36.0 Å². The average Bonchev–Trinajstić information content (AvgIpc) is 2.95. The van der Waals surface area contributed by atoms with Crippen LogP contribution in [0, 0.1) is 0 Å². The van der Waals surface area contributed by atoms with Crippen LogP contribution in [-0.4, -0.2) is 77.1 Å². The van der Waals surface area contributed by atoms with Gasteiger partial charge in [-0.25, -0.2) is 0 Å². The van der Waals surface area contributed by atoms with Gasteiger partial charge in [0.25, 0.3) is 0 Å². The van der Waals surface area contributed by atoms with Gasteiger partial charge in [0.1, 0.15) is 0 Å². The van der Waals surface area contributed by atoms with Crippen molar-refractivity contribution in [2.24, 2.45) is 5.73 Å². The largest absolute Gasteiger partial charge is 0.379 e. The highest BCUT2D eigenvalue weighted by atomic mass is 16.6. The Morgan fingerprint density at radius 2 is 1.27 bits per heavy atom. The molecule has 1 aliphatic heterocycles. The molecule has 0 bridgehead atoms. The van der Waals surface area contributed by atoms with Gasteiger partial charge in [0, 0.05) is 25.8 Å². The van der Waals surface area contributed by atoms with E-state index < -0.39 is 0 Å². The summed E-state index contributed by atoms with van der Waals surface area (Å²) < 4.78 is 21.4. The molecule has 0 spiro atoms. The first-order valence-corrected chi connectivity index (χ1v) is 13.6. The normalized spacial score (nSPS) is 13.1. The fourth-order valence-corrected chi connectivity index (χ4v) is 4.01. The van der Waals surface area contributed by atoms with E-state index in [9.17, 15) is 14.4 Å². The van der Waals surface area contributed by atoms with Gasteiger partial charge in [0.2, 0.25) is 17.7 Å². The van der Waals surface area contributed by atoms with Crippen molar-refractivity contribution in [2.45, 2.75) is 25.8 Å². The van der Waals surface area contributed by atoms with Crippen molar-refractivity contribution in [2.75, 3.05) is 64.3 Å². The molecule has 0 aromatic heterocycles. The predicted octanol–water partition coefficient (Wildman–Crippen LogP) is 2.54. The SMILES string of the molecule is NC(=O)CCOCCOCCOCCOCCNC(=O)CCC(=O)N1Cc2ccccc2/C=C\c2ccccc21. The van der Waals surface area contributed by atoms with E-state index in [1.807, 2.05) is 54.6 Å². The Hall–Kier alpha value is -3.57. The van der Waals surface area contributed by atoms with Crippen molar-refractivity contribution < 1.29 is 33.3 Å². The fourth-order valence-electron chi connectivity index (χ4n) is 4.01. The number of ether oxygens (including phenoxy) is 4.